The van der Waals surface area contributed by atoms with Crippen molar-refractivity contribution in [1.82, 2.24) is 0 Å². The van der Waals surface area contributed by atoms with Crippen LogP contribution in [0.25, 0.3) is 0 Å². The summed E-state index contributed by atoms with van der Waals surface area (Å²) < 4.78 is 40.1. The van der Waals surface area contributed by atoms with Gasteiger partial charge in [-0.1, -0.05) is 61.7 Å². The third-order valence-corrected chi connectivity index (χ3v) is 4.77. The SMILES string of the molecule is Cc1ccc(C(Br)c2ccc(Br)cc2C(F)(F)F)c(C)c1. The molecule has 0 heterocycles. The Morgan fingerprint density at radius 3 is 2.14 bits per heavy atom. The van der Waals surface area contributed by atoms with E-state index in [0.29, 0.717) is 4.47 Å². The van der Waals surface area contributed by atoms with Crippen molar-refractivity contribution in [3.8, 4) is 0 Å². The number of alkyl halides is 4. The summed E-state index contributed by atoms with van der Waals surface area (Å²) in [5, 5.41) is 0. The molecule has 0 spiro atoms. The molecule has 2 aromatic carbocycles. The van der Waals surface area contributed by atoms with E-state index in [-0.39, 0.29) is 5.56 Å². The fourth-order valence-electron chi connectivity index (χ4n) is 2.27. The van der Waals surface area contributed by atoms with Gasteiger partial charge in [0, 0.05) is 4.47 Å². The zero-order chi connectivity index (χ0) is 15.8. The highest BCUT2D eigenvalue weighted by Crippen LogP contribution is 2.42. The number of hydrogen-bond acceptors (Lipinski definition) is 0. The van der Waals surface area contributed by atoms with Crippen LogP contribution in [0.5, 0.6) is 0 Å². The maximum absolute atomic E-state index is 13.2. The van der Waals surface area contributed by atoms with Gasteiger partial charge in [-0.3, -0.25) is 0 Å². The monoisotopic (exact) mass is 420 g/mol. The van der Waals surface area contributed by atoms with E-state index in [1.54, 1.807) is 6.07 Å². The second-order valence-corrected chi connectivity index (χ2v) is 6.78. The van der Waals surface area contributed by atoms with Gasteiger partial charge in [0.2, 0.25) is 0 Å². The van der Waals surface area contributed by atoms with Crippen LogP contribution in [-0.2, 0) is 6.18 Å². The standard InChI is InChI=1S/C16H13Br2F3/c1-9-3-5-12(10(2)7-9)15(18)13-6-4-11(17)8-14(13)16(19,20)21/h3-8,15H,1-2H3. The van der Waals surface area contributed by atoms with E-state index >= 15 is 0 Å². The maximum atomic E-state index is 13.2. The Kier molecular flexibility index (Phi) is 4.83. The Morgan fingerprint density at radius 1 is 0.952 bits per heavy atom. The molecule has 5 heteroatoms. The van der Waals surface area contributed by atoms with Crippen molar-refractivity contribution < 1.29 is 13.2 Å². The average Bonchev–Trinajstić information content (AvgIpc) is 2.37. The molecule has 0 fully saturated rings. The van der Waals surface area contributed by atoms with Crippen molar-refractivity contribution in [1.29, 1.82) is 0 Å². The highest BCUT2D eigenvalue weighted by Gasteiger charge is 2.35. The normalized spacial score (nSPS) is 13.3. The quantitative estimate of drug-likeness (QED) is 0.481. The third kappa shape index (κ3) is 3.69. The predicted octanol–water partition coefficient (Wildman–Crippen LogP) is 6.57. The van der Waals surface area contributed by atoms with Crippen LogP contribution in [0.2, 0.25) is 0 Å². The fraction of sp³-hybridized carbons (Fsp3) is 0.250. The van der Waals surface area contributed by atoms with Crippen molar-refractivity contribution in [2.75, 3.05) is 0 Å². The molecule has 1 unspecified atom stereocenters. The molecule has 0 aliphatic heterocycles. The minimum Gasteiger partial charge on any atom is -0.166 e. The van der Waals surface area contributed by atoms with Crippen molar-refractivity contribution in [2.45, 2.75) is 24.9 Å². The van der Waals surface area contributed by atoms with Crippen LogP contribution in [0.4, 0.5) is 13.2 Å². The van der Waals surface area contributed by atoms with E-state index in [0.717, 1.165) is 22.8 Å². The molecule has 112 valence electrons. The maximum Gasteiger partial charge on any atom is 0.416 e. The molecule has 0 N–H and O–H groups in total. The molecule has 0 aromatic heterocycles. The average molecular weight is 422 g/mol. The minimum atomic E-state index is -4.39. The Labute approximate surface area is 138 Å². The fourth-order valence-corrected chi connectivity index (χ4v) is 3.55. The molecule has 21 heavy (non-hydrogen) atoms. The van der Waals surface area contributed by atoms with E-state index in [2.05, 4.69) is 31.9 Å². The van der Waals surface area contributed by atoms with Crippen LogP contribution < -0.4 is 0 Å². The summed E-state index contributed by atoms with van der Waals surface area (Å²) in [5.74, 6) is 0. The second kappa shape index (κ2) is 6.13. The zero-order valence-electron chi connectivity index (χ0n) is 11.4. The minimum absolute atomic E-state index is 0.220. The predicted molar refractivity (Wildman–Crippen MR) is 85.8 cm³/mol. The lowest BCUT2D eigenvalue weighted by Gasteiger charge is -2.19. The van der Waals surface area contributed by atoms with E-state index in [4.69, 9.17) is 0 Å². The molecule has 0 saturated heterocycles. The number of aryl methyl sites for hydroxylation is 2. The van der Waals surface area contributed by atoms with Gasteiger partial charge < -0.3 is 0 Å². The first-order chi connectivity index (χ1) is 9.70. The van der Waals surface area contributed by atoms with Gasteiger partial charge >= 0.3 is 6.18 Å². The molecule has 2 rings (SSSR count). The number of halogens is 5. The van der Waals surface area contributed by atoms with Crippen LogP contribution in [0, 0.1) is 13.8 Å². The molecule has 0 aliphatic carbocycles. The Balaban J connectivity index is 2.55. The van der Waals surface area contributed by atoms with E-state index < -0.39 is 16.6 Å². The van der Waals surface area contributed by atoms with Gasteiger partial charge in [0.25, 0.3) is 0 Å². The Hall–Kier alpha value is -0.810. The van der Waals surface area contributed by atoms with Crippen LogP contribution in [0.15, 0.2) is 40.9 Å². The summed E-state index contributed by atoms with van der Waals surface area (Å²) >= 11 is 6.52. The first kappa shape index (κ1) is 16.6. The second-order valence-electron chi connectivity index (χ2n) is 4.95. The summed E-state index contributed by atoms with van der Waals surface area (Å²) in [6.45, 7) is 3.86. The Morgan fingerprint density at radius 2 is 1.57 bits per heavy atom. The number of hydrogen-bond donors (Lipinski definition) is 0. The molecule has 2 aromatic rings. The zero-order valence-corrected chi connectivity index (χ0v) is 14.6. The molecule has 0 aliphatic rings. The largest absolute Gasteiger partial charge is 0.416 e. The lowest BCUT2D eigenvalue weighted by Crippen LogP contribution is -2.11. The van der Waals surface area contributed by atoms with Crippen molar-refractivity contribution in [2.24, 2.45) is 0 Å². The summed E-state index contributed by atoms with van der Waals surface area (Å²) in [6.07, 6.45) is -4.39. The summed E-state index contributed by atoms with van der Waals surface area (Å²) in [5.41, 5.74) is 2.49. The van der Waals surface area contributed by atoms with E-state index in [1.807, 2.05) is 32.0 Å². The molecular weight excluding hydrogens is 409 g/mol. The smallest absolute Gasteiger partial charge is 0.166 e. The van der Waals surface area contributed by atoms with E-state index in [1.165, 1.54) is 6.07 Å². The molecule has 0 nitrogen and oxygen atoms in total. The summed E-state index contributed by atoms with van der Waals surface area (Å²) in [6, 6.07) is 9.99. The van der Waals surface area contributed by atoms with Crippen molar-refractivity contribution >= 4 is 31.9 Å². The van der Waals surface area contributed by atoms with Gasteiger partial charge in [-0.05, 0) is 42.7 Å². The van der Waals surface area contributed by atoms with Crippen LogP contribution in [0.1, 0.15) is 32.6 Å². The van der Waals surface area contributed by atoms with Crippen LogP contribution in [0.3, 0.4) is 0 Å². The van der Waals surface area contributed by atoms with Crippen molar-refractivity contribution in [3.63, 3.8) is 0 Å². The van der Waals surface area contributed by atoms with Gasteiger partial charge in [0.15, 0.2) is 0 Å². The van der Waals surface area contributed by atoms with Gasteiger partial charge in [0.05, 0.1) is 10.4 Å². The number of benzene rings is 2. The summed E-state index contributed by atoms with van der Waals surface area (Å²) in [4.78, 5) is -0.497. The lowest BCUT2D eigenvalue weighted by molar-refractivity contribution is -0.138. The highest BCUT2D eigenvalue weighted by molar-refractivity contribution is 9.10. The molecular formula is C16H13Br2F3. The molecule has 0 amide bonds. The number of rotatable bonds is 2. The molecule has 0 saturated carbocycles. The first-order valence-corrected chi connectivity index (χ1v) is 7.99. The highest BCUT2D eigenvalue weighted by atomic mass is 79.9. The molecule has 1 atom stereocenters. The van der Waals surface area contributed by atoms with Gasteiger partial charge in [0.1, 0.15) is 0 Å². The van der Waals surface area contributed by atoms with Crippen LogP contribution >= 0.6 is 31.9 Å². The summed E-state index contributed by atoms with van der Waals surface area (Å²) in [7, 11) is 0. The molecule has 0 bridgehead atoms. The first-order valence-electron chi connectivity index (χ1n) is 6.28. The van der Waals surface area contributed by atoms with E-state index in [9.17, 15) is 13.2 Å². The molecule has 0 radical (unpaired) electrons. The Bertz CT molecular complexity index is 663. The van der Waals surface area contributed by atoms with Crippen LogP contribution in [-0.4, -0.2) is 0 Å². The van der Waals surface area contributed by atoms with Gasteiger partial charge in [-0.2, -0.15) is 13.2 Å². The lowest BCUT2D eigenvalue weighted by atomic mass is 9.95. The topological polar surface area (TPSA) is 0 Å². The van der Waals surface area contributed by atoms with Gasteiger partial charge in [-0.15, -0.1) is 0 Å². The third-order valence-electron chi connectivity index (χ3n) is 3.29. The van der Waals surface area contributed by atoms with Crippen molar-refractivity contribution in [3.05, 3.63) is 68.7 Å². The van der Waals surface area contributed by atoms with Gasteiger partial charge in [-0.25, -0.2) is 0 Å².